The molecule has 0 fully saturated rings. The second kappa shape index (κ2) is 11.3. The SMILES string of the molecule is CN(C)CCNc1nc(CCCc2ccc(C(N)=O)cc2)c2c(n1)N(c1c(F)cccc1F)C(=O)NC2. The predicted molar refractivity (Wildman–Crippen MR) is 137 cm³/mol. The molecule has 0 saturated heterocycles. The molecule has 2 heterocycles. The highest BCUT2D eigenvalue weighted by molar-refractivity contribution is 6.01. The van der Waals surface area contributed by atoms with Crippen LogP contribution in [0.2, 0.25) is 0 Å². The molecule has 3 amide bonds. The summed E-state index contributed by atoms with van der Waals surface area (Å²) in [6.07, 6.45) is 1.95. The first-order valence-corrected chi connectivity index (χ1v) is 11.9. The number of benzene rings is 2. The Balaban J connectivity index is 1.65. The van der Waals surface area contributed by atoms with Crippen molar-refractivity contribution in [3.8, 4) is 0 Å². The molecule has 0 radical (unpaired) electrons. The molecule has 0 saturated carbocycles. The fraction of sp³-hybridized carbons (Fsp3) is 0.308. The summed E-state index contributed by atoms with van der Waals surface area (Å²) >= 11 is 0. The van der Waals surface area contributed by atoms with Crippen molar-refractivity contribution in [2.75, 3.05) is 37.4 Å². The van der Waals surface area contributed by atoms with Gasteiger partial charge in [-0.3, -0.25) is 4.79 Å². The van der Waals surface area contributed by atoms with E-state index in [4.69, 9.17) is 5.73 Å². The number of fused-ring (bicyclic) bond motifs is 1. The van der Waals surface area contributed by atoms with Crippen molar-refractivity contribution in [1.29, 1.82) is 0 Å². The third-order valence-electron chi connectivity index (χ3n) is 6.02. The first-order valence-electron chi connectivity index (χ1n) is 11.9. The average molecular weight is 510 g/mol. The number of nitrogens with one attached hydrogen (secondary N) is 2. The topological polar surface area (TPSA) is 116 Å². The second-order valence-corrected chi connectivity index (χ2v) is 9.01. The van der Waals surface area contributed by atoms with Crippen molar-refractivity contribution in [2.45, 2.75) is 25.8 Å². The number of carbonyl (C=O) groups is 2. The van der Waals surface area contributed by atoms with E-state index in [2.05, 4.69) is 20.6 Å². The van der Waals surface area contributed by atoms with Crippen molar-refractivity contribution in [3.05, 3.63) is 76.5 Å². The Morgan fingerprint density at radius 1 is 1.11 bits per heavy atom. The lowest BCUT2D eigenvalue weighted by Gasteiger charge is -2.30. The van der Waals surface area contributed by atoms with E-state index in [1.807, 2.05) is 31.1 Å². The van der Waals surface area contributed by atoms with E-state index in [0.717, 1.165) is 22.6 Å². The second-order valence-electron chi connectivity index (χ2n) is 9.01. The largest absolute Gasteiger partial charge is 0.366 e. The van der Waals surface area contributed by atoms with Crippen molar-refractivity contribution in [1.82, 2.24) is 20.2 Å². The monoisotopic (exact) mass is 509 g/mol. The Labute approximate surface area is 213 Å². The maximum Gasteiger partial charge on any atom is 0.328 e. The fourth-order valence-corrected chi connectivity index (χ4v) is 4.11. The maximum atomic E-state index is 14.7. The van der Waals surface area contributed by atoms with Crippen LogP contribution in [0.15, 0.2) is 42.5 Å². The number of aryl methyl sites for hydroxylation is 2. The van der Waals surface area contributed by atoms with Gasteiger partial charge in [-0.2, -0.15) is 4.98 Å². The Morgan fingerprint density at radius 3 is 2.46 bits per heavy atom. The van der Waals surface area contributed by atoms with Crippen molar-refractivity contribution in [3.63, 3.8) is 0 Å². The number of carbonyl (C=O) groups excluding carboxylic acids is 2. The maximum absolute atomic E-state index is 14.7. The number of anilines is 3. The first-order chi connectivity index (χ1) is 17.7. The summed E-state index contributed by atoms with van der Waals surface area (Å²) in [5.74, 6) is -1.80. The zero-order chi connectivity index (χ0) is 26.5. The molecule has 0 bridgehead atoms. The molecule has 4 N–H and O–H groups in total. The third-order valence-corrected chi connectivity index (χ3v) is 6.02. The molecule has 194 valence electrons. The Kier molecular flexibility index (Phi) is 7.92. The summed E-state index contributed by atoms with van der Waals surface area (Å²) in [7, 11) is 3.87. The summed E-state index contributed by atoms with van der Waals surface area (Å²) < 4.78 is 29.4. The lowest BCUT2D eigenvalue weighted by molar-refractivity contribution is 0.1000. The number of urea groups is 1. The fourth-order valence-electron chi connectivity index (χ4n) is 4.11. The number of nitrogens with two attached hydrogens (primary N) is 1. The molecule has 1 aromatic heterocycles. The predicted octanol–water partition coefficient (Wildman–Crippen LogP) is 3.36. The normalized spacial score (nSPS) is 12.9. The number of likely N-dealkylation sites (N-methyl/N-ethyl adjacent to an activating group) is 1. The first kappa shape index (κ1) is 26.0. The van der Waals surface area contributed by atoms with Crippen LogP contribution in [0.1, 0.15) is 33.6 Å². The number of halogens is 2. The van der Waals surface area contributed by atoms with E-state index >= 15 is 0 Å². The van der Waals surface area contributed by atoms with E-state index in [1.54, 1.807) is 12.1 Å². The highest BCUT2D eigenvalue weighted by Crippen LogP contribution is 2.35. The minimum Gasteiger partial charge on any atom is -0.366 e. The van der Waals surface area contributed by atoms with Gasteiger partial charge in [-0.1, -0.05) is 18.2 Å². The number of amides is 3. The van der Waals surface area contributed by atoms with E-state index < -0.39 is 29.3 Å². The number of rotatable bonds is 10. The van der Waals surface area contributed by atoms with Crippen LogP contribution in [0.5, 0.6) is 0 Å². The van der Waals surface area contributed by atoms with Gasteiger partial charge in [0.1, 0.15) is 17.3 Å². The van der Waals surface area contributed by atoms with Gasteiger partial charge in [0.15, 0.2) is 5.82 Å². The zero-order valence-electron chi connectivity index (χ0n) is 20.7. The number of hydrogen-bond donors (Lipinski definition) is 3. The lowest BCUT2D eigenvalue weighted by atomic mass is 10.0. The summed E-state index contributed by atoms with van der Waals surface area (Å²) in [6, 6.07) is 9.85. The van der Waals surface area contributed by atoms with E-state index in [-0.39, 0.29) is 18.3 Å². The molecule has 0 spiro atoms. The van der Waals surface area contributed by atoms with E-state index in [1.165, 1.54) is 6.07 Å². The van der Waals surface area contributed by atoms with Crippen molar-refractivity contribution >= 4 is 29.4 Å². The molecule has 9 nitrogen and oxygen atoms in total. The van der Waals surface area contributed by atoms with Crippen LogP contribution in [-0.2, 0) is 19.4 Å². The Morgan fingerprint density at radius 2 is 1.81 bits per heavy atom. The molecule has 3 aromatic rings. The van der Waals surface area contributed by atoms with Gasteiger partial charge in [0, 0.05) is 24.2 Å². The molecule has 0 aliphatic carbocycles. The van der Waals surface area contributed by atoms with Gasteiger partial charge in [-0.15, -0.1) is 0 Å². The average Bonchev–Trinajstić information content (AvgIpc) is 2.85. The van der Waals surface area contributed by atoms with Gasteiger partial charge in [-0.05, 0) is 63.2 Å². The summed E-state index contributed by atoms with van der Waals surface area (Å²) in [6.45, 7) is 1.39. The summed E-state index contributed by atoms with van der Waals surface area (Å²) in [5, 5.41) is 5.84. The molecule has 0 unspecified atom stereocenters. The Bertz CT molecular complexity index is 1280. The zero-order valence-corrected chi connectivity index (χ0v) is 20.7. The van der Waals surface area contributed by atoms with Crippen molar-refractivity contribution in [2.24, 2.45) is 5.73 Å². The van der Waals surface area contributed by atoms with E-state index in [9.17, 15) is 18.4 Å². The van der Waals surface area contributed by atoms with Crippen LogP contribution in [0, 0.1) is 11.6 Å². The molecule has 1 aliphatic heterocycles. The molecule has 11 heteroatoms. The summed E-state index contributed by atoms with van der Waals surface area (Å²) in [4.78, 5) is 36.2. The van der Waals surface area contributed by atoms with Gasteiger partial charge in [0.2, 0.25) is 11.9 Å². The van der Waals surface area contributed by atoms with Gasteiger partial charge in [-0.25, -0.2) is 23.5 Å². The van der Waals surface area contributed by atoms with Crippen LogP contribution < -0.4 is 21.3 Å². The van der Waals surface area contributed by atoms with Gasteiger partial charge in [0.25, 0.3) is 0 Å². The van der Waals surface area contributed by atoms with E-state index in [0.29, 0.717) is 49.2 Å². The molecular weight excluding hydrogens is 480 g/mol. The van der Waals surface area contributed by atoms with Crippen LogP contribution in [0.4, 0.5) is 31.0 Å². The number of aromatic nitrogens is 2. The van der Waals surface area contributed by atoms with Crippen LogP contribution in [0.25, 0.3) is 0 Å². The molecule has 2 aromatic carbocycles. The molecule has 4 rings (SSSR count). The number of nitrogens with zero attached hydrogens (tertiary/aromatic N) is 4. The van der Waals surface area contributed by atoms with Gasteiger partial charge in [0.05, 0.1) is 12.2 Å². The highest BCUT2D eigenvalue weighted by Gasteiger charge is 2.33. The van der Waals surface area contributed by atoms with Gasteiger partial charge < -0.3 is 21.3 Å². The highest BCUT2D eigenvalue weighted by atomic mass is 19.1. The standard InChI is InChI=1S/C26H29F2N7O2/c1-34(2)14-13-30-25-32-21(8-3-5-16-9-11-17(12-10-16)23(29)36)18-15-31-26(37)35(24(18)33-25)22-19(27)6-4-7-20(22)28/h4,6-7,9-12H,3,5,8,13-15H2,1-2H3,(H2,29,36)(H,31,37)(H,30,32,33). The van der Waals surface area contributed by atoms with Crippen LogP contribution >= 0.6 is 0 Å². The Hall–Kier alpha value is -4.12. The minimum absolute atomic E-state index is 0.140. The number of primary amides is 1. The quantitative estimate of drug-likeness (QED) is 0.386. The smallest absolute Gasteiger partial charge is 0.328 e. The molecule has 0 atom stereocenters. The molecular formula is C26H29F2N7O2. The molecule has 37 heavy (non-hydrogen) atoms. The lowest BCUT2D eigenvalue weighted by Crippen LogP contribution is -2.43. The number of hydrogen-bond acceptors (Lipinski definition) is 6. The van der Waals surface area contributed by atoms with Gasteiger partial charge >= 0.3 is 6.03 Å². The van der Waals surface area contributed by atoms with Crippen molar-refractivity contribution < 1.29 is 18.4 Å². The third kappa shape index (κ3) is 6.00. The molecule has 1 aliphatic rings. The number of para-hydroxylation sites is 1. The summed E-state index contributed by atoms with van der Waals surface area (Å²) in [5.41, 5.74) is 7.57. The van der Waals surface area contributed by atoms with Crippen LogP contribution in [-0.4, -0.2) is 54.0 Å². The minimum atomic E-state index is -0.871. The van der Waals surface area contributed by atoms with Crippen LogP contribution in [0.3, 0.4) is 0 Å².